The summed E-state index contributed by atoms with van der Waals surface area (Å²) in [5.41, 5.74) is 0. The van der Waals surface area contributed by atoms with Gasteiger partial charge in [0.05, 0.1) is 6.54 Å². The molecule has 4 heteroatoms. The number of nitrogens with one attached hydrogen (secondary N) is 1. The van der Waals surface area contributed by atoms with Crippen LogP contribution in [0.4, 0.5) is 0 Å². The smallest absolute Gasteiger partial charge is 0.169 e. The SMILES string of the molecule is CCCCCCCCCCCCNC(=S)N(Cc1cccs1)C1CCCC1. The number of thiocarbonyl (C=S) groups is 1. The Morgan fingerprint density at radius 1 is 1.04 bits per heavy atom. The highest BCUT2D eigenvalue weighted by atomic mass is 32.1. The molecule has 1 heterocycles. The predicted molar refractivity (Wildman–Crippen MR) is 125 cm³/mol. The first kappa shape index (κ1) is 22.7. The monoisotopic (exact) mass is 408 g/mol. The van der Waals surface area contributed by atoms with Gasteiger partial charge in [-0.05, 0) is 42.9 Å². The highest BCUT2D eigenvalue weighted by molar-refractivity contribution is 7.80. The average molecular weight is 409 g/mol. The molecule has 1 N–H and O–H groups in total. The highest BCUT2D eigenvalue weighted by Gasteiger charge is 2.24. The molecule has 0 saturated heterocycles. The van der Waals surface area contributed by atoms with Crippen molar-refractivity contribution >= 4 is 28.7 Å². The van der Waals surface area contributed by atoms with E-state index in [1.807, 2.05) is 11.3 Å². The first-order valence-corrected chi connectivity index (χ1v) is 12.7. The summed E-state index contributed by atoms with van der Waals surface area (Å²) in [5.74, 6) is 0. The van der Waals surface area contributed by atoms with Gasteiger partial charge in [-0.2, -0.15) is 0 Å². The Morgan fingerprint density at radius 2 is 1.67 bits per heavy atom. The minimum Gasteiger partial charge on any atom is -0.363 e. The molecule has 154 valence electrons. The van der Waals surface area contributed by atoms with E-state index in [9.17, 15) is 0 Å². The summed E-state index contributed by atoms with van der Waals surface area (Å²) < 4.78 is 0. The molecule has 0 bridgehead atoms. The summed E-state index contributed by atoms with van der Waals surface area (Å²) in [7, 11) is 0. The molecule has 0 amide bonds. The van der Waals surface area contributed by atoms with Crippen molar-refractivity contribution in [1.29, 1.82) is 0 Å². The molecule has 0 spiro atoms. The summed E-state index contributed by atoms with van der Waals surface area (Å²) in [6.45, 7) is 4.30. The van der Waals surface area contributed by atoms with Gasteiger partial charge in [-0.25, -0.2) is 0 Å². The van der Waals surface area contributed by atoms with Crippen molar-refractivity contribution in [3.05, 3.63) is 22.4 Å². The van der Waals surface area contributed by atoms with E-state index in [-0.39, 0.29) is 0 Å². The molecular weight excluding hydrogens is 368 g/mol. The van der Waals surface area contributed by atoms with Crippen molar-refractivity contribution in [2.24, 2.45) is 0 Å². The molecule has 0 unspecified atom stereocenters. The van der Waals surface area contributed by atoms with Crippen molar-refractivity contribution < 1.29 is 0 Å². The van der Waals surface area contributed by atoms with Crippen LogP contribution in [0.1, 0.15) is 102 Å². The Balaban J connectivity index is 1.56. The first-order valence-electron chi connectivity index (χ1n) is 11.4. The Kier molecular flexibility index (Phi) is 12.1. The second-order valence-corrected chi connectivity index (χ2v) is 9.48. The molecule has 0 atom stereocenters. The van der Waals surface area contributed by atoms with Crippen LogP contribution in [0.25, 0.3) is 0 Å². The maximum Gasteiger partial charge on any atom is 0.169 e. The summed E-state index contributed by atoms with van der Waals surface area (Å²) in [6, 6.07) is 5.02. The summed E-state index contributed by atoms with van der Waals surface area (Å²) in [4.78, 5) is 3.88. The molecule has 0 radical (unpaired) electrons. The van der Waals surface area contributed by atoms with Crippen molar-refractivity contribution in [3.63, 3.8) is 0 Å². The third kappa shape index (κ3) is 9.43. The Labute approximate surface area is 177 Å². The Morgan fingerprint density at radius 3 is 2.26 bits per heavy atom. The zero-order valence-corrected chi connectivity index (χ0v) is 19.0. The van der Waals surface area contributed by atoms with E-state index in [1.165, 1.54) is 94.8 Å². The molecule has 0 aliphatic heterocycles. The van der Waals surface area contributed by atoms with Gasteiger partial charge in [-0.15, -0.1) is 11.3 Å². The van der Waals surface area contributed by atoms with E-state index in [2.05, 4.69) is 34.7 Å². The fraction of sp³-hybridized carbons (Fsp3) is 0.783. The zero-order valence-electron chi connectivity index (χ0n) is 17.4. The lowest BCUT2D eigenvalue weighted by molar-refractivity contribution is 0.305. The van der Waals surface area contributed by atoms with Gasteiger partial charge >= 0.3 is 0 Å². The van der Waals surface area contributed by atoms with Gasteiger partial charge in [0, 0.05) is 17.5 Å². The van der Waals surface area contributed by atoms with Gasteiger partial charge in [0.25, 0.3) is 0 Å². The minimum absolute atomic E-state index is 0.639. The zero-order chi connectivity index (χ0) is 19.2. The molecule has 1 saturated carbocycles. The first-order chi connectivity index (χ1) is 13.3. The van der Waals surface area contributed by atoms with Crippen LogP contribution in [0.5, 0.6) is 0 Å². The number of unbranched alkanes of at least 4 members (excludes halogenated alkanes) is 9. The van der Waals surface area contributed by atoms with Gasteiger partial charge in [0.2, 0.25) is 0 Å². The third-order valence-electron chi connectivity index (χ3n) is 5.74. The van der Waals surface area contributed by atoms with Crippen LogP contribution >= 0.6 is 23.6 Å². The minimum atomic E-state index is 0.639. The molecule has 27 heavy (non-hydrogen) atoms. The van der Waals surface area contributed by atoms with Crippen molar-refractivity contribution in [2.75, 3.05) is 6.54 Å². The molecule has 2 nitrogen and oxygen atoms in total. The second kappa shape index (κ2) is 14.4. The van der Waals surface area contributed by atoms with Crippen molar-refractivity contribution in [2.45, 2.75) is 109 Å². The lowest BCUT2D eigenvalue weighted by Crippen LogP contribution is -2.44. The van der Waals surface area contributed by atoms with Gasteiger partial charge in [-0.1, -0.05) is 83.6 Å². The second-order valence-electron chi connectivity index (χ2n) is 8.06. The van der Waals surface area contributed by atoms with Crippen LogP contribution in [0.2, 0.25) is 0 Å². The maximum atomic E-state index is 5.77. The van der Waals surface area contributed by atoms with E-state index >= 15 is 0 Å². The lowest BCUT2D eigenvalue weighted by atomic mass is 10.1. The molecule has 2 rings (SSSR count). The van der Waals surface area contributed by atoms with Crippen LogP contribution in [0, 0.1) is 0 Å². The quantitative estimate of drug-likeness (QED) is 0.257. The van der Waals surface area contributed by atoms with Crippen molar-refractivity contribution in [3.8, 4) is 0 Å². The number of nitrogens with zero attached hydrogens (tertiary/aromatic N) is 1. The van der Waals surface area contributed by atoms with Gasteiger partial charge < -0.3 is 10.2 Å². The molecule has 0 aromatic carbocycles. The molecule has 1 aromatic heterocycles. The summed E-state index contributed by atoms with van der Waals surface area (Å²) in [5, 5.41) is 6.71. The van der Waals surface area contributed by atoms with Crippen LogP contribution < -0.4 is 5.32 Å². The average Bonchev–Trinajstić information content (AvgIpc) is 3.37. The van der Waals surface area contributed by atoms with E-state index in [0.29, 0.717) is 6.04 Å². The van der Waals surface area contributed by atoms with E-state index in [0.717, 1.165) is 18.2 Å². The van der Waals surface area contributed by atoms with Crippen LogP contribution in [-0.2, 0) is 6.54 Å². The topological polar surface area (TPSA) is 15.3 Å². The fourth-order valence-electron chi connectivity index (χ4n) is 4.06. The predicted octanol–water partition coefficient (Wildman–Crippen LogP) is 7.29. The van der Waals surface area contributed by atoms with Crippen molar-refractivity contribution in [1.82, 2.24) is 10.2 Å². The lowest BCUT2D eigenvalue weighted by Gasteiger charge is -2.31. The number of hydrogen-bond donors (Lipinski definition) is 1. The standard InChI is InChI=1S/C23H40N2S2/c1-2-3-4-5-6-7-8-9-10-13-18-24-23(26)25(21-15-11-12-16-21)20-22-17-14-19-27-22/h14,17,19,21H,2-13,15-16,18,20H2,1H3,(H,24,26). The van der Waals surface area contributed by atoms with Crippen LogP contribution in [0.3, 0.4) is 0 Å². The summed E-state index contributed by atoms with van der Waals surface area (Å²) >= 11 is 7.62. The van der Waals surface area contributed by atoms with E-state index in [1.54, 1.807) is 0 Å². The maximum absolute atomic E-state index is 5.77. The number of rotatable bonds is 14. The fourth-order valence-corrected chi connectivity index (χ4v) is 5.08. The largest absolute Gasteiger partial charge is 0.363 e. The summed E-state index contributed by atoms with van der Waals surface area (Å²) in [6.07, 6.45) is 19.1. The normalized spacial score (nSPS) is 14.6. The van der Waals surface area contributed by atoms with E-state index in [4.69, 9.17) is 12.2 Å². The van der Waals surface area contributed by atoms with Gasteiger partial charge in [0.15, 0.2) is 5.11 Å². The Bertz CT molecular complexity index is 481. The molecular formula is C23H40N2S2. The van der Waals surface area contributed by atoms with Gasteiger partial charge in [-0.3, -0.25) is 0 Å². The van der Waals surface area contributed by atoms with Crippen LogP contribution in [-0.4, -0.2) is 22.6 Å². The number of thiophene rings is 1. The molecule has 1 aliphatic carbocycles. The highest BCUT2D eigenvalue weighted by Crippen LogP contribution is 2.26. The molecule has 1 fully saturated rings. The van der Waals surface area contributed by atoms with Crippen LogP contribution in [0.15, 0.2) is 17.5 Å². The third-order valence-corrected chi connectivity index (χ3v) is 6.98. The molecule has 1 aliphatic rings. The Hall–Kier alpha value is -0.610. The van der Waals surface area contributed by atoms with E-state index < -0.39 is 0 Å². The molecule has 1 aromatic rings. The number of hydrogen-bond acceptors (Lipinski definition) is 2. The van der Waals surface area contributed by atoms with Gasteiger partial charge in [0.1, 0.15) is 0 Å².